The molecule has 0 amide bonds. The van der Waals surface area contributed by atoms with Crippen LogP contribution in [0.5, 0.6) is 0 Å². The van der Waals surface area contributed by atoms with Gasteiger partial charge in [0.05, 0.1) is 11.9 Å². The molecule has 0 saturated heterocycles. The van der Waals surface area contributed by atoms with E-state index in [0.29, 0.717) is 0 Å². The first kappa shape index (κ1) is 11.2. The summed E-state index contributed by atoms with van der Waals surface area (Å²) in [5.74, 6) is -3.20. The average molecular weight is 185 g/mol. The number of halogens is 3. The van der Waals surface area contributed by atoms with Crippen LogP contribution in [0.2, 0.25) is 0 Å². The van der Waals surface area contributed by atoms with Crippen LogP contribution >= 0.6 is 0 Å². The van der Waals surface area contributed by atoms with Crippen LogP contribution in [0.15, 0.2) is 0 Å². The number of carbonyl (C=O) groups excluding carboxylic acids is 1. The molecule has 3 nitrogen and oxygen atoms in total. The number of carboxylic acid groups (broad SMARTS) is 1. The van der Waals surface area contributed by atoms with Crippen LogP contribution in [0.4, 0.5) is 13.2 Å². The molecule has 0 spiro atoms. The Labute approximate surface area is 67.4 Å². The van der Waals surface area contributed by atoms with Gasteiger partial charge in [0, 0.05) is 6.42 Å². The Hall–Kier alpha value is -0.780. The highest BCUT2D eigenvalue weighted by Gasteiger charge is 2.37. The summed E-state index contributed by atoms with van der Waals surface area (Å²) in [6.45, 7) is 0.918. The number of aliphatic carboxylic acids is 1. The molecule has 0 aliphatic carbocycles. The highest BCUT2D eigenvalue weighted by atomic mass is 19.4. The van der Waals surface area contributed by atoms with E-state index in [1.165, 1.54) is 0 Å². The van der Waals surface area contributed by atoms with E-state index in [0.717, 1.165) is 6.92 Å². The van der Waals surface area contributed by atoms with Crippen molar-refractivity contribution in [3.8, 4) is 0 Å². The molecule has 0 aliphatic heterocycles. The summed E-state index contributed by atoms with van der Waals surface area (Å²) >= 11 is 0. The summed E-state index contributed by atoms with van der Waals surface area (Å²) in [6, 6.07) is -1.30. The summed E-state index contributed by atoms with van der Waals surface area (Å²) < 4.78 is 35.5. The SMILES string of the molecule is C[C@H](C[C@@H]([NH3+])C(=O)[O-])C(F)(F)F. The van der Waals surface area contributed by atoms with Crippen molar-refractivity contribution in [2.24, 2.45) is 5.92 Å². The number of rotatable bonds is 3. The predicted octanol–water partition coefficient (Wildman–Crippen LogP) is -1.06. The number of carbonyl (C=O) groups is 1. The van der Waals surface area contributed by atoms with Crippen molar-refractivity contribution in [2.75, 3.05) is 0 Å². The molecule has 0 bridgehead atoms. The standard InChI is InChI=1S/C6H10F3NO2/c1-3(6(7,8)9)2-4(10)5(11)12/h3-4H,2,10H2,1H3,(H,11,12)/t3-,4-/m1/s1. The van der Waals surface area contributed by atoms with Gasteiger partial charge in [-0.15, -0.1) is 0 Å². The average Bonchev–Trinajstić information content (AvgIpc) is 1.85. The lowest BCUT2D eigenvalue weighted by atomic mass is 10.0. The van der Waals surface area contributed by atoms with Crippen molar-refractivity contribution in [3.05, 3.63) is 0 Å². The second kappa shape index (κ2) is 3.75. The first-order valence-corrected chi connectivity index (χ1v) is 3.35. The van der Waals surface area contributed by atoms with Crippen molar-refractivity contribution in [3.63, 3.8) is 0 Å². The van der Waals surface area contributed by atoms with Gasteiger partial charge in [-0.1, -0.05) is 6.92 Å². The fourth-order valence-electron chi connectivity index (χ4n) is 0.657. The largest absolute Gasteiger partial charge is 0.544 e. The van der Waals surface area contributed by atoms with Crippen molar-refractivity contribution >= 4 is 5.97 Å². The van der Waals surface area contributed by atoms with E-state index in [4.69, 9.17) is 0 Å². The fourth-order valence-corrected chi connectivity index (χ4v) is 0.657. The molecular weight excluding hydrogens is 175 g/mol. The van der Waals surface area contributed by atoms with Crippen molar-refractivity contribution in [1.29, 1.82) is 0 Å². The maximum absolute atomic E-state index is 11.8. The van der Waals surface area contributed by atoms with Crippen LogP contribution in [-0.4, -0.2) is 18.2 Å². The maximum Gasteiger partial charge on any atom is 0.391 e. The summed E-state index contributed by atoms with van der Waals surface area (Å²) in [4.78, 5) is 10.0. The quantitative estimate of drug-likeness (QED) is 0.608. The Morgan fingerprint density at radius 3 is 2.25 bits per heavy atom. The summed E-state index contributed by atoms with van der Waals surface area (Å²) in [6.07, 6.45) is -4.89. The minimum atomic E-state index is -4.36. The van der Waals surface area contributed by atoms with Gasteiger partial charge in [0.15, 0.2) is 0 Å². The number of hydrogen-bond donors (Lipinski definition) is 1. The van der Waals surface area contributed by atoms with E-state index in [1.807, 2.05) is 0 Å². The first-order valence-electron chi connectivity index (χ1n) is 3.35. The maximum atomic E-state index is 11.8. The molecule has 0 radical (unpaired) electrons. The molecule has 6 heteroatoms. The van der Waals surface area contributed by atoms with E-state index in [-0.39, 0.29) is 0 Å². The Kier molecular flexibility index (Phi) is 3.51. The van der Waals surface area contributed by atoms with Gasteiger partial charge in [0.2, 0.25) is 0 Å². The molecule has 0 fully saturated rings. The van der Waals surface area contributed by atoms with Crippen LogP contribution < -0.4 is 10.8 Å². The Morgan fingerprint density at radius 2 is 2.00 bits per heavy atom. The van der Waals surface area contributed by atoms with Gasteiger partial charge in [0.25, 0.3) is 0 Å². The van der Waals surface area contributed by atoms with E-state index in [9.17, 15) is 23.1 Å². The summed E-state index contributed by atoms with van der Waals surface area (Å²) in [5, 5.41) is 10.0. The van der Waals surface area contributed by atoms with E-state index in [2.05, 4.69) is 5.73 Å². The van der Waals surface area contributed by atoms with Gasteiger partial charge in [-0.2, -0.15) is 13.2 Å². The van der Waals surface area contributed by atoms with Crippen LogP contribution in [-0.2, 0) is 4.79 Å². The molecule has 0 unspecified atom stereocenters. The van der Waals surface area contributed by atoms with Crippen LogP contribution in [0.1, 0.15) is 13.3 Å². The zero-order chi connectivity index (χ0) is 9.94. The van der Waals surface area contributed by atoms with Crippen molar-refractivity contribution < 1.29 is 28.8 Å². The molecule has 3 N–H and O–H groups in total. The zero-order valence-corrected chi connectivity index (χ0v) is 6.52. The van der Waals surface area contributed by atoms with Gasteiger partial charge in [0.1, 0.15) is 6.04 Å². The van der Waals surface area contributed by atoms with Gasteiger partial charge >= 0.3 is 6.18 Å². The molecule has 72 valence electrons. The predicted molar refractivity (Wildman–Crippen MR) is 31.5 cm³/mol. The molecular formula is C6H10F3NO2. The molecule has 2 atom stereocenters. The Bertz CT molecular complexity index is 169. The second-order valence-electron chi connectivity index (χ2n) is 2.69. The van der Waals surface area contributed by atoms with Crippen LogP contribution in [0, 0.1) is 5.92 Å². The minimum Gasteiger partial charge on any atom is -0.544 e. The third-order valence-electron chi connectivity index (χ3n) is 1.53. The first-order chi connectivity index (χ1) is 5.25. The summed E-state index contributed by atoms with van der Waals surface area (Å²) in [7, 11) is 0. The lowest BCUT2D eigenvalue weighted by Gasteiger charge is -2.17. The summed E-state index contributed by atoms with van der Waals surface area (Å²) in [5.41, 5.74) is 3.03. The molecule has 0 aliphatic rings. The van der Waals surface area contributed by atoms with E-state index < -0.39 is 30.5 Å². The third kappa shape index (κ3) is 3.56. The zero-order valence-electron chi connectivity index (χ0n) is 6.52. The molecule has 12 heavy (non-hydrogen) atoms. The van der Waals surface area contributed by atoms with Crippen molar-refractivity contribution in [2.45, 2.75) is 25.6 Å². The Balaban J connectivity index is 4.01. The highest BCUT2D eigenvalue weighted by Crippen LogP contribution is 2.28. The van der Waals surface area contributed by atoms with Gasteiger partial charge < -0.3 is 15.6 Å². The van der Waals surface area contributed by atoms with Gasteiger partial charge in [-0.25, -0.2) is 0 Å². The molecule has 0 aromatic rings. The highest BCUT2D eigenvalue weighted by molar-refractivity contribution is 5.69. The number of hydrogen-bond acceptors (Lipinski definition) is 2. The minimum absolute atomic E-state index is 0.536. The molecule has 0 aromatic heterocycles. The second-order valence-corrected chi connectivity index (χ2v) is 2.69. The lowest BCUT2D eigenvalue weighted by Crippen LogP contribution is -2.69. The monoisotopic (exact) mass is 185 g/mol. The molecule has 0 rings (SSSR count). The van der Waals surface area contributed by atoms with E-state index >= 15 is 0 Å². The smallest absolute Gasteiger partial charge is 0.391 e. The number of quaternary nitrogens is 1. The third-order valence-corrected chi connectivity index (χ3v) is 1.53. The van der Waals surface area contributed by atoms with Crippen LogP contribution in [0.3, 0.4) is 0 Å². The normalized spacial score (nSPS) is 17.1. The molecule has 0 aromatic carbocycles. The fraction of sp³-hybridized carbons (Fsp3) is 0.833. The van der Waals surface area contributed by atoms with Gasteiger partial charge in [-0.3, -0.25) is 0 Å². The number of alkyl halides is 3. The Morgan fingerprint density at radius 1 is 1.58 bits per heavy atom. The molecule has 0 heterocycles. The lowest BCUT2D eigenvalue weighted by molar-refractivity contribution is -0.442. The topological polar surface area (TPSA) is 67.8 Å². The van der Waals surface area contributed by atoms with Crippen molar-refractivity contribution in [1.82, 2.24) is 0 Å². The molecule has 0 saturated carbocycles. The number of carboxylic acids is 1. The van der Waals surface area contributed by atoms with E-state index in [1.54, 1.807) is 0 Å². The van der Waals surface area contributed by atoms with Crippen LogP contribution in [0.25, 0.3) is 0 Å². The van der Waals surface area contributed by atoms with Gasteiger partial charge in [-0.05, 0) is 0 Å².